The first-order chi connectivity index (χ1) is 6.75. The maximum atomic E-state index is 13.5. The van der Waals surface area contributed by atoms with Crippen LogP contribution in [0.25, 0.3) is 0 Å². The number of isocyanates is 1. The molecular formula is C11H12FNO. The summed E-state index contributed by atoms with van der Waals surface area (Å²) in [5.74, 6) is 0. The Morgan fingerprint density at radius 2 is 2.21 bits per heavy atom. The summed E-state index contributed by atoms with van der Waals surface area (Å²) in [7, 11) is 0. The summed E-state index contributed by atoms with van der Waals surface area (Å²) in [4.78, 5) is 13.1. The van der Waals surface area contributed by atoms with Crippen LogP contribution in [0.2, 0.25) is 0 Å². The molecule has 0 aliphatic heterocycles. The van der Waals surface area contributed by atoms with Gasteiger partial charge in [0.25, 0.3) is 0 Å². The van der Waals surface area contributed by atoms with E-state index in [1.807, 2.05) is 19.1 Å². The SMILES string of the molecule is Cc1ccccc1C(F)CCN=C=O. The van der Waals surface area contributed by atoms with Gasteiger partial charge in [-0.15, -0.1) is 0 Å². The lowest BCUT2D eigenvalue weighted by molar-refractivity contribution is 0.326. The number of hydrogen-bond acceptors (Lipinski definition) is 2. The molecule has 0 saturated heterocycles. The fraction of sp³-hybridized carbons (Fsp3) is 0.364. The second kappa shape index (κ2) is 5.30. The predicted octanol–water partition coefficient (Wildman–Crippen LogP) is 2.73. The molecular weight excluding hydrogens is 181 g/mol. The third-order valence-corrected chi connectivity index (χ3v) is 2.08. The van der Waals surface area contributed by atoms with Crippen molar-refractivity contribution in [3.63, 3.8) is 0 Å². The molecule has 0 heterocycles. The van der Waals surface area contributed by atoms with E-state index in [-0.39, 0.29) is 13.0 Å². The van der Waals surface area contributed by atoms with Crippen molar-refractivity contribution in [2.75, 3.05) is 6.54 Å². The van der Waals surface area contributed by atoms with Crippen molar-refractivity contribution in [3.8, 4) is 0 Å². The zero-order chi connectivity index (χ0) is 10.4. The highest BCUT2D eigenvalue weighted by molar-refractivity contribution is 5.33. The first kappa shape index (κ1) is 10.6. The maximum Gasteiger partial charge on any atom is 0.234 e. The molecule has 0 aromatic heterocycles. The number of benzene rings is 1. The second-order valence-electron chi connectivity index (χ2n) is 3.09. The Morgan fingerprint density at radius 1 is 1.50 bits per heavy atom. The molecule has 1 unspecified atom stereocenters. The van der Waals surface area contributed by atoms with E-state index < -0.39 is 6.17 Å². The second-order valence-corrected chi connectivity index (χ2v) is 3.09. The van der Waals surface area contributed by atoms with Gasteiger partial charge in [0.15, 0.2) is 0 Å². The van der Waals surface area contributed by atoms with Gasteiger partial charge in [-0.25, -0.2) is 14.2 Å². The Kier molecular flexibility index (Phi) is 4.02. The van der Waals surface area contributed by atoms with Crippen LogP contribution < -0.4 is 0 Å². The average molecular weight is 193 g/mol. The van der Waals surface area contributed by atoms with E-state index in [9.17, 15) is 9.18 Å². The molecule has 0 spiro atoms. The smallest absolute Gasteiger partial charge is 0.234 e. The van der Waals surface area contributed by atoms with Crippen molar-refractivity contribution in [1.29, 1.82) is 0 Å². The van der Waals surface area contributed by atoms with Crippen LogP contribution in [0.1, 0.15) is 23.7 Å². The molecule has 0 aliphatic rings. The molecule has 0 aliphatic carbocycles. The van der Waals surface area contributed by atoms with Gasteiger partial charge in [-0.3, -0.25) is 0 Å². The summed E-state index contributed by atoms with van der Waals surface area (Å²) >= 11 is 0. The standard InChI is InChI=1S/C11H12FNO/c1-9-4-2-3-5-10(9)11(12)6-7-13-8-14/h2-5,11H,6-7H2,1H3. The topological polar surface area (TPSA) is 29.4 Å². The number of carbonyl (C=O) groups excluding carboxylic acids is 1. The highest BCUT2D eigenvalue weighted by Crippen LogP contribution is 2.23. The molecule has 1 aromatic carbocycles. The first-order valence-corrected chi connectivity index (χ1v) is 4.49. The first-order valence-electron chi connectivity index (χ1n) is 4.49. The summed E-state index contributed by atoms with van der Waals surface area (Å²) < 4.78 is 13.5. The zero-order valence-corrected chi connectivity index (χ0v) is 8.03. The number of nitrogens with zero attached hydrogens (tertiary/aromatic N) is 1. The molecule has 74 valence electrons. The Hall–Kier alpha value is -1.47. The number of aliphatic imine (C=N–C) groups is 1. The Morgan fingerprint density at radius 3 is 2.86 bits per heavy atom. The van der Waals surface area contributed by atoms with Crippen LogP contribution in [0, 0.1) is 6.92 Å². The lowest BCUT2D eigenvalue weighted by atomic mass is 10.0. The van der Waals surface area contributed by atoms with Crippen molar-refractivity contribution in [2.45, 2.75) is 19.5 Å². The fourth-order valence-corrected chi connectivity index (χ4v) is 1.32. The van der Waals surface area contributed by atoms with Crippen LogP contribution >= 0.6 is 0 Å². The summed E-state index contributed by atoms with van der Waals surface area (Å²) in [5, 5.41) is 0. The molecule has 2 nitrogen and oxygen atoms in total. The fourth-order valence-electron chi connectivity index (χ4n) is 1.32. The van der Waals surface area contributed by atoms with Crippen LogP contribution in [0.15, 0.2) is 29.3 Å². The molecule has 0 amide bonds. The molecule has 3 heteroatoms. The summed E-state index contributed by atoms with van der Waals surface area (Å²) in [6, 6.07) is 7.29. The van der Waals surface area contributed by atoms with Crippen LogP contribution in [-0.4, -0.2) is 12.6 Å². The summed E-state index contributed by atoms with van der Waals surface area (Å²) in [6.45, 7) is 2.06. The molecule has 0 N–H and O–H groups in total. The largest absolute Gasteiger partial charge is 0.242 e. The number of hydrogen-bond donors (Lipinski definition) is 0. The van der Waals surface area contributed by atoms with Crippen LogP contribution in [-0.2, 0) is 4.79 Å². The minimum absolute atomic E-state index is 0.193. The van der Waals surface area contributed by atoms with Crippen molar-refractivity contribution < 1.29 is 9.18 Å². The van der Waals surface area contributed by atoms with Gasteiger partial charge < -0.3 is 0 Å². The normalized spacial score (nSPS) is 11.9. The van der Waals surface area contributed by atoms with Gasteiger partial charge in [0.2, 0.25) is 6.08 Å². The van der Waals surface area contributed by atoms with E-state index in [1.165, 1.54) is 6.08 Å². The van der Waals surface area contributed by atoms with Gasteiger partial charge in [0.05, 0.1) is 6.54 Å². The number of halogens is 1. The molecule has 0 radical (unpaired) electrons. The lowest BCUT2D eigenvalue weighted by Gasteiger charge is -2.09. The number of rotatable bonds is 4. The minimum Gasteiger partial charge on any atom is -0.242 e. The van der Waals surface area contributed by atoms with E-state index >= 15 is 0 Å². The van der Waals surface area contributed by atoms with Gasteiger partial charge in [-0.1, -0.05) is 24.3 Å². The average Bonchev–Trinajstić information content (AvgIpc) is 2.18. The van der Waals surface area contributed by atoms with Gasteiger partial charge in [0, 0.05) is 6.42 Å². The quantitative estimate of drug-likeness (QED) is 0.534. The van der Waals surface area contributed by atoms with E-state index in [4.69, 9.17) is 0 Å². The van der Waals surface area contributed by atoms with Gasteiger partial charge in [-0.05, 0) is 18.1 Å². The summed E-state index contributed by atoms with van der Waals surface area (Å²) in [5.41, 5.74) is 1.60. The van der Waals surface area contributed by atoms with Gasteiger partial charge in [-0.2, -0.15) is 0 Å². The van der Waals surface area contributed by atoms with Crippen LogP contribution in [0.4, 0.5) is 4.39 Å². The van der Waals surface area contributed by atoms with Crippen molar-refractivity contribution in [3.05, 3.63) is 35.4 Å². The monoisotopic (exact) mass is 193 g/mol. The number of alkyl halides is 1. The summed E-state index contributed by atoms with van der Waals surface area (Å²) in [6.07, 6.45) is 0.586. The molecule has 0 fully saturated rings. The molecule has 1 aromatic rings. The van der Waals surface area contributed by atoms with Crippen LogP contribution in [0.5, 0.6) is 0 Å². The number of aryl methyl sites for hydroxylation is 1. The Balaban J connectivity index is 2.64. The van der Waals surface area contributed by atoms with Crippen molar-refractivity contribution in [2.24, 2.45) is 4.99 Å². The van der Waals surface area contributed by atoms with E-state index in [0.717, 1.165) is 5.56 Å². The van der Waals surface area contributed by atoms with Crippen molar-refractivity contribution >= 4 is 6.08 Å². The molecule has 1 rings (SSSR count). The maximum absolute atomic E-state index is 13.5. The van der Waals surface area contributed by atoms with Gasteiger partial charge in [0.1, 0.15) is 6.17 Å². The Bertz CT molecular complexity index is 345. The highest BCUT2D eigenvalue weighted by atomic mass is 19.1. The predicted molar refractivity (Wildman–Crippen MR) is 52.6 cm³/mol. The third kappa shape index (κ3) is 2.79. The Labute approximate surface area is 82.5 Å². The lowest BCUT2D eigenvalue weighted by Crippen LogP contribution is -1.96. The molecule has 14 heavy (non-hydrogen) atoms. The minimum atomic E-state index is -1.05. The van der Waals surface area contributed by atoms with Crippen LogP contribution in [0.3, 0.4) is 0 Å². The molecule has 1 atom stereocenters. The third-order valence-electron chi connectivity index (χ3n) is 2.08. The van der Waals surface area contributed by atoms with E-state index in [2.05, 4.69) is 4.99 Å². The van der Waals surface area contributed by atoms with Gasteiger partial charge >= 0.3 is 0 Å². The van der Waals surface area contributed by atoms with E-state index in [0.29, 0.717) is 5.56 Å². The zero-order valence-electron chi connectivity index (χ0n) is 8.03. The van der Waals surface area contributed by atoms with E-state index in [1.54, 1.807) is 12.1 Å². The van der Waals surface area contributed by atoms with Crippen molar-refractivity contribution in [1.82, 2.24) is 0 Å². The molecule has 0 saturated carbocycles. The highest BCUT2D eigenvalue weighted by Gasteiger charge is 2.10. The molecule has 0 bridgehead atoms.